The highest BCUT2D eigenvalue weighted by atomic mass is 32.1. The van der Waals surface area contributed by atoms with E-state index in [4.69, 9.17) is 18.0 Å². The average molecular weight is 259 g/mol. The average Bonchev–Trinajstić information content (AvgIpc) is 2.25. The molecule has 0 heterocycles. The van der Waals surface area contributed by atoms with Crippen molar-refractivity contribution in [1.82, 2.24) is 9.80 Å². The Labute approximate surface area is 108 Å². The predicted molar refractivity (Wildman–Crippen MR) is 71.5 cm³/mol. The first-order valence-corrected chi connectivity index (χ1v) is 6.04. The number of carbonyl (C=O) groups is 2. The minimum absolute atomic E-state index is 0.0709. The van der Waals surface area contributed by atoms with E-state index in [2.05, 4.69) is 0 Å². The highest BCUT2D eigenvalue weighted by Gasteiger charge is 2.25. The molecule has 0 saturated heterocycles. The Morgan fingerprint density at radius 1 is 1.29 bits per heavy atom. The van der Waals surface area contributed by atoms with Crippen LogP contribution in [-0.2, 0) is 9.59 Å². The monoisotopic (exact) mass is 259 g/mol. The van der Waals surface area contributed by atoms with E-state index in [1.54, 1.807) is 14.1 Å². The lowest BCUT2D eigenvalue weighted by atomic mass is 10.1. The van der Waals surface area contributed by atoms with Gasteiger partial charge in [-0.05, 0) is 13.3 Å². The van der Waals surface area contributed by atoms with E-state index < -0.39 is 5.92 Å². The molecule has 0 fully saturated rings. The maximum Gasteiger partial charge on any atom is 0.241 e. The first-order valence-electron chi connectivity index (χ1n) is 5.63. The van der Waals surface area contributed by atoms with Crippen LogP contribution in [0.1, 0.15) is 20.3 Å². The van der Waals surface area contributed by atoms with Crippen LogP contribution in [0.3, 0.4) is 0 Å². The van der Waals surface area contributed by atoms with Crippen molar-refractivity contribution < 1.29 is 9.59 Å². The van der Waals surface area contributed by atoms with Crippen LogP contribution < -0.4 is 5.73 Å². The molecule has 2 amide bonds. The minimum atomic E-state index is -0.472. The van der Waals surface area contributed by atoms with Gasteiger partial charge in [0, 0.05) is 20.6 Å². The van der Waals surface area contributed by atoms with E-state index >= 15 is 0 Å². The largest absolute Gasteiger partial charge is 0.393 e. The summed E-state index contributed by atoms with van der Waals surface area (Å²) in [5.41, 5.74) is 5.52. The smallest absolute Gasteiger partial charge is 0.241 e. The molecule has 98 valence electrons. The van der Waals surface area contributed by atoms with Crippen LogP contribution in [0.2, 0.25) is 0 Å². The van der Waals surface area contributed by atoms with Crippen molar-refractivity contribution in [3.05, 3.63) is 0 Å². The molecule has 0 aliphatic rings. The molecule has 0 bridgehead atoms. The second-order valence-corrected chi connectivity index (χ2v) is 4.48. The fourth-order valence-electron chi connectivity index (χ4n) is 1.37. The van der Waals surface area contributed by atoms with Crippen LogP contribution >= 0.6 is 12.2 Å². The van der Waals surface area contributed by atoms with Gasteiger partial charge in [0.05, 0.1) is 17.5 Å². The van der Waals surface area contributed by atoms with Crippen LogP contribution in [0.4, 0.5) is 0 Å². The molecule has 0 aliphatic heterocycles. The van der Waals surface area contributed by atoms with E-state index in [9.17, 15) is 9.59 Å². The van der Waals surface area contributed by atoms with Gasteiger partial charge in [0.25, 0.3) is 0 Å². The molecule has 0 saturated carbocycles. The summed E-state index contributed by atoms with van der Waals surface area (Å²) in [6.45, 7) is 4.22. The highest BCUT2D eigenvalue weighted by Crippen LogP contribution is 2.08. The third kappa shape index (κ3) is 4.68. The van der Waals surface area contributed by atoms with E-state index in [1.807, 2.05) is 13.8 Å². The lowest BCUT2D eigenvalue weighted by Gasteiger charge is -2.25. The molecular formula is C11H21N3O2S. The zero-order valence-electron chi connectivity index (χ0n) is 10.9. The van der Waals surface area contributed by atoms with Gasteiger partial charge in [-0.2, -0.15) is 0 Å². The van der Waals surface area contributed by atoms with Gasteiger partial charge in [0.15, 0.2) is 0 Å². The van der Waals surface area contributed by atoms with Gasteiger partial charge in [-0.1, -0.05) is 19.1 Å². The summed E-state index contributed by atoms with van der Waals surface area (Å²) in [7, 11) is 3.32. The van der Waals surface area contributed by atoms with Gasteiger partial charge < -0.3 is 15.5 Å². The normalized spacial score (nSPS) is 11.8. The third-order valence-corrected chi connectivity index (χ3v) is 2.85. The fourth-order valence-corrected chi connectivity index (χ4v) is 1.64. The predicted octanol–water partition coefficient (Wildman–Crippen LogP) is 0.235. The fraction of sp³-hybridized carbons (Fsp3) is 0.727. The Kier molecular flexibility index (Phi) is 6.72. The molecule has 17 heavy (non-hydrogen) atoms. The van der Waals surface area contributed by atoms with Crippen LogP contribution in [-0.4, -0.2) is 53.8 Å². The van der Waals surface area contributed by atoms with Crippen molar-refractivity contribution in [2.45, 2.75) is 20.3 Å². The topological polar surface area (TPSA) is 66.6 Å². The zero-order chi connectivity index (χ0) is 13.6. The van der Waals surface area contributed by atoms with Crippen LogP contribution in [0.15, 0.2) is 0 Å². The molecule has 5 nitrogen and oxygen atoms in total. The summed E-state index contributed by atoms with van der Waals surface area (Å²) in [6.07, 6.45) is 0.556. The first kappa shape index (κ1) is 15.8. The highest BCUT2D eigenvalue weighted by molar-refractivity contribution is 7.80. The number of likely N-dealkylation sites (N-methyl/N-ethyl adjacent to an activating group) is 2. The Bertz CT molecular complexity index is 305. The third-order valence-electron chi connectivity index (χ3n) is 2.57. The van der Waals surface area contributed by atoms with Gasteiger partial charge >= 0.3 is 0 Å². The molecule has 0 aromatic rings. The molecule has 1 atom stereocenters. The Hall–Kier alpha value is -1.17. The molecule has 2 N–H and O–H groups in total. The zero-order valence-corrected chi connectivity index (χ0v) is 11.7. The second kappa shape index (κ2) is 7.21. The molecule has 0 aromatic carbocycles. The summed E-state index contributed by atoms with van der Waals surface area (Å²) in [5, 5.41) is 0. The number of thiocarbonyl (C=S) groups is 1. The molecule has 0 rings (SSSR count). The van der Waals surface area contributed by atoms with Crippen LogP contribution in [0.25, 0.3) is 0 Å². The van der Waals surface area contributed by atoms with E-state index in [1.165, 1.54) is 9.80 Å². The molecule has 0 spiro atoms. The summed E-state index contributed by atoms with van der Waals surface area (Å²) in [5.74, 6) is -0.754. The van der Waals surface area contributed by atoms with Crippen molar-refractivity contribution in [3.8, 4) is 0 Å². The molecule has 0 aliphatic carbocycles. The standard InChI is InChI=1S/C11H21N3O2S/c1-5-8(10(12)17)11(16)14(6-2)7-9(15)13(3)4/h8H,5-7H2,1-4H3,(H2,12,17). The van der Waals surface area contributed by atoms with Gasteiger partial charge in [-0.15, -0.1) is 0 Å². The van der Waals surface area contributed by atoms with E-state index in [0.717, 1.165) is 0 Å². The van der Waals surface area contributed by atoms with Crippen LogP contribution in [0.5, 0.6) is 0 Å². The Morgan fingerprint density at radius 3 is 2.12 bits per heavy atom. The number of carbonyl (C=O) groups excluding carboxylic acids is 2. The first-order chi connectivity index (χ1) is 7.84. The molecule has 0 radical (unpaired) electrons. The maximum absolute atomic E-state index is 12.1. The van der Waals surface area contributed by atoms with Gasteiger partial charge in [0.2, 0.25) is 11.8 Å². The van der Waals surface area contributed by atoms with Crippen molar-refractivity contribution in [2.75, 3.05) is 27.2 Å². The quantitative estimate of drug-likeness (QED) is 0.694. The number of nitrogens with zero attached hydrogens (tertiary/aromatic N) is 2. The van der Waals surface area contributed by atoms with Gasteiger partial charge in [0.1, 0.15) is 0 Å². The van der Waals surface area contributed by atoms with E-state index in [0.29, 0.717) is 13.0 Å². The van der Waals surface area contributed by atoms with Crippen molar-refractivity contribution in [2.24, 2.45) is 11.7 Å². The van der Waals surface area contributed by atoms with Gasteiger partial charge in [-0.3, -0.25) is 9.59 Å². The Balaban J connectivity index is 4.71. The maximum atomic E-state index is 12.1. The van der Waals surface area contributed by atoms with E-state index in [-0.39, 0.29) is 23.3 Å². The lowest BCUT2D eigenvalue weighted by Crippen LogP contribution is -2.45. The summed E-state index contributed by atoms with van der Waals surface area (Å²) >= 11 is 4.86. The Morgan fingerprint density at radius 2 is 1.82 bits per heavy atom. The van der Waals surface area contributed by atoms with Crippen molar-refractivity contribution >= 4 is 29.0 Å². The van der Waals surface area contributed by atoms with Crippen molar-refractivity contribution in [1.29, 1.82) is 0 Å². The van der Waals surface area contributed by atoms with Gasteiger partial charge in [-0.25, -0.2) is 0 Å². The summed E-state index contributed by atoms with van der Waals surface area (Å²) in [6, 6.07) is 0. The number of rotatable bonds is 6. The number of hydrogen-bond acceptors (Lipinski definition) is 3. The summed E-state index contributed by atoms with van der Waals surface area (Å²) in [4.78, 5) is 26.8. The molecule has 1 unspecified atom stereocenters. The van der Waals surface area contributed by atoms with Crippen LogP contribution in [0, 0.1) is 5.92 Å². The molecule has 0 aromatic heterocycles. The molecule has 6 heteroatoms. The molecular weight excluding hydrogens is 238 g/mol. The number of nitrogens with two attached hydrogens (primary N) is 1. The lowest BCUT2D eigenvalue weighted by molar-refractivity contribution is -0.140. The minimum Gasteiger partial charge on any atom is -0.393 e. The second-order valence-electron chi connectivity index (χ2n) is 4.00. The van der Waals surface area contributed by atoms with Crippen molar-refractivity contribution in [3.63, 3.8) is 0 Å². The number of amides is 2. The number of hydrogen-bond donors (Lipinski definition) is 1. The SMILES string of the molecule is CCC(C(=O)N(CC)CC(=O)N(C)C)C(N)=S. The summed E-state index contributed by atoms with van der Waals surface area (Å²) < 4.78 is 0.